The number of allylic oxidation sites excluding steroid dienone is 2. The Kier molecular flexibility index (Phi) is 5.83. The Balaban J connectivity index is 1.21. The predicted octanol–water partition coefficient (Wildman–Crippen LogP) is 5.54. The molecule has 0 spiro atoms. The first kappa shape index (κ1) is 23.2. The third-order valence-corrected chi connectivity index (χ3v) is 8.06. The lowest BCUT2D eigenvalue weighted by molar-refractivity contribution is -0.383. The smallest absolute Gasteiger partial charge is 0.294 e. The topological polar surface area (TPSA) is 92.6 Å². The van der Waals surface area contributed by atoms with Gasteiger partial charge in [-0.15, -0.1) is 0 Å². The molecule has 0 aromatic heterocycles. The van der Waals surface area contributed by atoms with E-state index in [4.69, 9.17) is 0 Å². The first-order chi connectivity index (χ1) is 18.0. The Labute approximate surface area is 215 Å². The van der Waals surface area contributed by atoms with Crippen LogP contribution in [0.3, 0.4) is 0 Å². The number of nitro groups is 1. The summed E-state index contributed by atoms with van der Waals surface area (Å²) >= 11 is 0. The molecule has 3 aromatic carbocycles. The van der Waals surface area contributed by atoms with Gasteiger partial charge in [0.2, 0.25) is 11.8 Å². The minimum absolute atomic E-state index is 0.0922. The van der Waals surface area contributed by atoms with E-state index in [1.54, 1.807) is 12.1 Å². The highest BCUT2D eigenvalue weighted by Crippen LogP contribution is 2.53. The molecule has 2 bridgehead atoms. The molecule has 0 unspecified atom stereocenters. The summed E-state index contributed by atoms with van der Waals surface area (Å²) in [6.07, 6.45) is 5.65. The number of rotatable bonds is 8. The van der Waals surface area contributed by atoms with E-state index in [1.165, 1.54) is 22.1 Å². The summed E-state index contributed by atoms with van der Waals surface area (Å²) < 4.78 is 0. The summed E-state index contributed by atoms with van der Waals surface area (Å²) in [6.45, 7) is 0.509. The SMILES string of the molecule is O=C1[C@@H]2[C@@H](C(=O)N1c1ccc(NCCC(c3ccccc3)c3ccccc3)c([N+](=O)[O-])c1)[C@H]1C=C[C@H]2C1. The number of carbonyl (C=O) groups is 2. The van der Waals surface area contributed by atoms with Crippen LogP contribution >= 0.6 is 0 Å². The zero-order valence-corrected chi connectivity index (χ0v) is 20.2. The van der Waals surface area contributed by atoms with Gasteiger partial charge in [0, 0.05) is 18.5 Å². The van der Waals surface area contributed by atoms with Crippen molar-refractivity contribution in [3.63, 3.8) is 0 Å². The second-order valence-corrected chi connectivity index (χ2v) is 10.1. The molecule has 7 heteroatoms. The number of hydrogen-bond acceptors (Lipinski definition) is 5. The highest BCUT2D eigenvalue weighted by Gasteiger charge is 2.59. The van der Waals surface area contributed by atoms with Gasteiger partial charge in [0.05, 0.1) is 22.4 Å². The third-order valence-electron chi connectivity index (χ3n) is 8.06. The van der Waals surface area contributed by atoms with Crippen LogP contribution in [0.25, 0.3) is 0 Å². The van der Waals surface area contributed by atoms with E-state index in [0.29, 0.717) is 12.2 Å². The van der Waals surface area contributed by atoms with E-state index in [0.717, 1.165) is 12.8 Å². The van der Waals surface area contributed by atoms with E-state index >= 15 is 0 Å². The number of imide groups is 1. The van der Waals surface area contributed by atoms with Gasteiger partial charge in [0.1, 0.15) is 5.69 Å². The largest absolute Gasteiger partial charge is 0.379 e. The number of hydrogen-bond donors (Lipinski definition) is 1. The van der Waals surface area contributed by atoms with Gasteiger partial charge in [-0.05, 0) is 47.9 Å². The highest BCUT2D eigenvalue weighted by molar-refractivity contribution is 6.23. The second-order valence-electron chi connectivity index (χ2n) is 10.1. The van der Waals surface area contributed by atoms with Crippen molar-refractivity contribution < 1.29 is 14.5 Å². The lowest BCUT2D eigenvalue weighted by Crippen LogP contribution is -2.32. The Morgan fingerprint density at radius 1 is 0.865 bits per heavy atom. The molecule has 1 heterocycles. The number of nitro benzene ring substituents is 1. The van der Waals surface area contributed by atoms with Crippen LogP contribution in [-0.2, 0) is 9.59 Å². The standard InChI is InChI=1S/C30H27N3O4/c34-29-27-21-11-12-22(17-21)28(27)30(35)32(29)23-13-14-25(26(18-23)33(36)37)31-16-15-24(19-7-3-1-4-8-19)20-9-5-2-6-10-20/h1-14,18,21-22,24,27-28,31H,15-17H2/t21-,22-,27-,28-/m0/s1. The molecular weight excluding hydrogens is 466 g/mol. The lowest BCUT2D eigenvalue weighted by Gasteiger charge is -2.20. The quantitative estimate of drug-likeness (QED) is 0.192. The van der Waals surface area contributed by atoms with Crippen LogP contribution in [0.5, 0.6) is 0 Å². The Hall–Kier alpha value is -4.26. The molecule has 1 saturated carbocycles. The highest BCUT2D eigenvalue weighted by atomic mass is 16.6. The zero-order chi connectivity index (χ0) is 25.5. The molecule has 186 valence electrons. The van der Waals surface area contributed by atoms with Crippen molar-refractivity contribution in [2.24, 2.45) is 23.7 Å². The number of benzene rings is 3. The van der Waals surface area contributed by atoms with Gasteiger partial charge in [-0.25, -0.2) is 4.90 Å². The number of amides is 2. The molecule has 2 fully saturated rings. The van der Waals surface area contributed by atoms with Gasteiger partial charge in [0.15, 0.2) is 0 Å². The van der Waals surface area contributed by atoms with Crippen LogP contribution in [0.2, 0.25) is 0 Å². The molecule has 2 amide bonds. The average Bonchev–Trinajstić information content (AvgIpc) is 3.61. The Bertz CT molecular complexity index is 1320. The molecule has 4 atom stereocenters. The van der Waals surface area contributed by atoms with Gasteiger partial charge in [-0.1, -0.05) is 72.8 Å². The van der Waals surface area contributed by atoms with Crippen molar-refractivity contribution in [1.29, 1.82) is 0 Å². The number of carbonyl (C=O) groups excluding carboxylic acids is 2. The second kappa shape index (κ2) is 9.32. The van der Waals surface area contributed by atoms with Gasteiger partial charge in [0.25, 0.3) is 5.69 Å². The maximum atomic E-state index is 13.2. The molecule has 1 aliphatic heterocycles. The molecule has 3 aromatic rings. The molecule has 2 aliphatic carbocycles. The fourth-order valence-electron chi connectivity index (χ4n) is 6.36. The molecule has 1 saturated heterocycles. The van der Waals surface area contributed by atoms with Gasteiger partial charge >= 0.3 is 0 Å². The Morgan fingerprint density at radius 2 is 1.43 bits per heavy atom. The van der Waals surface area contributed by atoms with Crippen LogP contribution < -0.4 is 10.2 Å². The number of nitrogens with one attached hydrogen (secondary N) is 1. The molecule has 0 radical (unpaired) electrons. The van der Waals surface area contributed by atoms with Crippen molar-refractivity contribution in [3.05, 3.63) is 112 Å². The number of anilines is 2. The number of fused-ring (bicyclic) bond motifs is 5. The zero-order valence-electron chi connectivity index (χ0n) is 20.2. The maximum absolute atomic E-state index is 13.2. The van der Waals surface area contributed by atoms with Crippen LogP contribution in [0, 0.1) is 33.8 Å². The van der Waals surface area contributed by atoms with Crippen LogP contribution in [0.4, 0.5) is 17.1 Å². The van der Waals surface area contributed by atoms with Gasteiger partial charge in [-0.3, -0.25) is 19.7 Å². The molecule has 1 N–H and O–H groups in total. The van der Waals surface area contributed by atoms with E-state index in [1.807, 2.05) is 48.6 Å². The first-order valence-electron chi connectivity index (χ1n) is 12.7. The van der Waals surface area contributed by atoms with E-state index in [2.05, 4.69) is 29.6 Å². The van der Waals surface area contributed by atoms with Crippen molar-refractivity contribution in [3.8, 4) is 0 Å². The van der Waals surface area contributed by atoms with Gasteiger partial charge < -0.3 is 5.32 Å². The molecular formula is C30H27N3O4. The Morgan fingerprint density at radius 3 is 1.97 bits per heavy atom. The van der Waals surface area contributed by atoms with Crippen LogP contribution in [0.15, 0.2) is 91.0 Å². The van der Waals surface area contributed by atoms with Crippen LogP contribution in [0.1, 0.15) is 29.9 Å². The van der Waals surface area contributed by atoms with Crippen molar-refractivity contribution in [1.82, 2.24) is 0 Å². The van der Waals surface area contributed by atoms with E-state index in [-0.39, 0.29) is 52.8 Å². The van der Waals surface area contributed by atoms with Crippen molar-refractivity contribution >= 4 is 28.9 Å². The van der Waals surface area contributed by atoms with Crippen molar-refractivity contribution in [2.75, 3.05) is 16.8 Å². The fraction of sp³-hybridized carbons (Fsp3) is 0.267. The lowest BCUT2D eigenvalue weighted by atomic mass is 9.85. The predicted molar refractivity (Wildman–Crippen MR) is 141 cm³/mol. The molecule has 6 rings (SSSR count). The van der Waals surface area contributed by atoms with Crippen LogP contribution in [-0.4, -0.2) is 23.3 Å². The first-order valence-corrected chi connectivity index (χ1v) is 12.7. The van der Waals surface area contributed by atoms with Gasteiger partial charge in [-0.2, -0.15) is 0 Å². The summed E-state index contributed by atoms with van der Waals surface area (Å²) in [5.74, 6) is -0.842. The monoisotopic (exact) mass is 493 g/mol. The average molecular weight is 494 g/mol. The van der Waals surface area contributed by atoms with Crippen molar-refractivity contribution in [2.45, 2.75) is 18.8 Å². The third kappa shape index (κ3) is 4.00. The normalized spacial score (nSPS) is 23.6. The fourth-order valence-corrected chi connectivity index (χ4v) is 6.36. The molecule has 3 aliphatic rings. The minimum Gasteiger partial charge on any atom is -0.379 e. The minimum atomic E-state index is -0.463. The number of nitrogens with zero attached hydrogens (tertiary/aromatic N) is 2. The van der Waals surface area contributed by atoms with E-state index in [9.17, 15) is 19.7 Å². The summed E-state index contributed by atoms with van der Waals surface area (Å²) in [5.41, 5.74) is 2.86. The summed E-state index contributed by atoms with van der Waals surface area (Å²) in [7, 11) is 0. The molecule has 37 heavy (non-hydrogen) atoms. The van der Waals surface area contributed by atoms with E-state index < -0.39 is 4.92 Å². The summed E-state index contributed by atoms with van der Waals surface area (Å²) in [6, 6.07) is 25.0. The summed E-state index contributed by atoms with van der Waals surface area (Å²) in [4.78, 5) is 39.0. The summed E-state index contributed by atoms with van der Waals surface area (Å²) in [5, 5.41) is 15.2. The maximum Gasteiger partial charge on any atom is 0.294 e. The molecule has 7 nitrogen and oxygen atoms in total.